The van der Waals surface area contributed by atoms with Crippen LogP contribution in [0.3, 0.4) is 0 Å². The minimum Gasteiger partial charge on any atom is -0.341 e. The van der Waals surface area contributed by atoms with E-state index in [2.05, 4.69) is 41.2 Å². The van der Waals surface area contributed by atoms with E-state index in [0.29, 0.717) is 11.9 Å². The van der Waals surface area contributed by atoms with Crippen molar-refractivity contribution in [2.75, 3.05) is 4.90 Å². The van der Waals surface area contributed by atoms with Crippen LogP contribution in [0.15, 0.2) is 22.9 Å². The lowest BCUT2D eigenvalue weighted by atomic mass is 10.3. The van der Waals surface area contributed by atoms with Gasteiger partial charge in [-0.1, -0.05) is 6.07 Å². The van der Waals surface area contributed by atoms with Gasteiger partial charge in [0.1, 0.15) is 0 Å². The number of rotatable bonds is 5. The van der Waals surface area contributed by atoms with Gasteiger partial charge >= 0.3 is 0 Å². The Morgan fingerprint density at radius 1 is 1.41 bits per heavy atom. The number of nitrogens with zero attached hydrogens (tertiary/aromatic N) is 2. The smallest absolute Gasteiger partial charge is 0.186 e. The monoisotopic (exact) mass is 286 g/mol. The first-order valence-electron chi connectivity index (χ1n) is 5.50. The van der Waals surface area contributed by atoms with E-state index >= 15 is 0 Å². The standard InChI is InChI=1S/C12H15ClN2S2/c1-9(2)15(7-11-4-3-5-16-11)12-14-10(6-13)8-17-12/h3-5,8-9H,6-7H2,1-2H3. The molecule has 2 rings (SSSR count). The third-order valence-corrected chi connectivity index (χ3v) is 4.51. The molecule has 2 nitrogen and oxygen atoms in total. The maximum atomic E-state index is 5.79. The first-order valence-corrected chi connectivity index (χ1v) is 7.79. The number of hydrogen-bond donors (Lipinski definition) is 0. The first kappa shape index (κ1) is 12.9. The first-order chi connectivity index (χ1) is 8.20. The van der Waals surface area contributed by atoms with Crippen molar-refractivity contribution in [3.05, 3.63) is 33.5 Å². The molecule has 2 aromatic rings. The second kappa shape index (κ2) is 5.85. The molecule has 0 amide bonds. The Hall–Kier alpha value is -0.580. The van der Waals surface area contributed by atoms with Gasteiger partial charge in [-0.3, -0.25) is 0 Å². The van der Waals surface area contributed by atoms with Crippen molar-refractivity contribution in [3.63, 3.8) is 0 Å². The Labute approximate surface area is 115 Å². The zero-order valence-electron chi connectivity index (χ0n) is 9.89. The van der Waals surface area contributed by atoms with Crippen LogP contribution >= 0.6 is 34.3 Å². The van der Waals surface area contributed by atoms with Gasteiger partial charge in [-0.25, -0.2) is 4.98 Å². The fourth-order valence-electron chi connectivity index (χ4n) is 1.53. The molecule has 0 saturated carbocycles. The lowest BCUT2D eigenvalue weighted by Gasteiger charge is -2.25. The molecule has 0 saturated heterocycles. The van der Waals surface area contributed by atoms with Crippen molar-refractivity contribution < 1.29 is 0 Å². The highest BCUT2D eigenvalue weighted by Gasteiger charge is 2.15. The largest absolute Gasteiger partial charge is 0.341 e. The summed E-state index contributed by atoms with van der Waals surface area (Å²) in [7, 11) is 0. The zero-order chi connectivity index (χ0) is 12.3. The van der Waals surface area contributed by atoms with Gasteiger partial charge in [0.05, 0.1) is 18.1 Å². The van der Waals surface area contributed by atoms with Gasteiger partial charge in [-0.05, 0) is 25.3 Å². The minimum absolute atomic E-state index is 0.437. The van der Waals surface area contributed by atoms with E-state index < -0.39 is 0 Å². The SMILES string of the molecule is CC(C)N(Cc1cccs1)c1nc(CCl)cs1. The topological polar surface area (TPSA) is 16.1 Å². The Kier molecular flexibility index (Phi) is 4.42. The highest BCUT2D eigenvalue weighted by molar-refractivity contribution is 7.13. The summed E-state index contributed by atoms with van der Waals surface area (Å²) in [6, 6.07) is 4.69. The van der Waals surface area contributed by atoms with E-state index in [9.17, 15) is 0 Å². The third-order valence-electron chi connectivity index (χ3n) is 2.45. The van der Waals surface area contributed by atoms with Crippen LogP contribution in [0.5, 0.6) is 0 Å². The number of aromatic nitrogens is 1. The van der Waals surface area contributed by atoms with E-state index in [4.69, 9.17) is 11.6 Å². The van der Waals surface area contributed by atoms with Crippen LogP contribution in [-0.4, -0.2) is 11.0 Å². The van der Waals surface area contributed by atoms with Crippen LogP contribution in [0.4, 0.5) is 5.13 Å². The van der Waals surface area contributed by atoms with Gasteiger partial charge < -0.3 is 4.90 Å². The Morgan fingerprint density at radius 2 is 2.24 bits per heavy atom. The average Bonchev–Trinajstić information content (AvgIpc) is 2.96. The van der Waals surface area contributed by atoms with Gasteiger partial charge in [0.15, 0.2) is 5.13 Å². The molecule has 0 radical (unpaired) electrons. The van der Waals surface area contributed by atoms with E-state index in [1.54, 1.807) is 22.7 Å². The number of thiazole rings is 1. The molecule has 17 heavy (non-hydrogen) atoms. The average molecular weight is 287 g/mol. The molecule has 92 valence electrons. The summed E-state index contributed by atoms with van der Waals surface area (Å²) in [6.45, 7) is 5.30. The molecule has 0 bridgehead atoms. The molecular weight excluding hydrogens is 272 g/mol. The van der Waals surface area contributed by atoms with E-state index in [-0.39, 0.29) is 0 Å². The van der Waals surface area contributed by atoms with Crippen molar-refractivity contribution in [1.29, 1.82) is 0 Å². The van der Waals surface area contributed by atoms with Crippen LogP contribution in [0.2, 0.25) is 0 Å². The van der Waals surface area contributed by atoms with E-state index in [1.807, 2.05) is 5.38 Å². The molecule has 0 unspecified atom stereocenters. The van der Waals surface area contributed by atoms with E-state index in [1.165, 1.54) is 4.88 Å². The van der Waals surface area contributed by atoms with E-state index in [0.717, 1.165) is 17.4 Å². The van der Waals surface area contributed by atoms with Gasteiger partial charge in [0.25, 0.3) is 0 Å². The molecule has 0 N–H and O–H groups in total. The fraction of sp³-hybridized carbons (Fsp3) is 0.417. The van der Waals surface area contributed by atoms with Gasteiger partial charge in [-0.15, -0.1) is 34.3 Å². The van der Waals surface area contributed by atoms with Crippen molar-refractivity contribution in [2.45, 2.75) is 32.3 Å². The van der Waals surface area contributed by atoms with Crippen molar-refractivity contribution in [3.8, 4) is 0 Å². The third kappa shape index (κ3) is 3.21. The van der Waals surface area contributed by atoms with Gasteiger partial charge in [-0.2, -0.15) is 0 Å². The van der Waals surface area contributed by atoms with Crippen LogP contribution in [-0.2, 0) is 12.4 Å². The van der Waals surface area contributed by atoms with Crippen molar-refractivity contribution in [2.24, 2.45) is 0 Å². The highest BCUT2D eigenvalue weighted by Crippen LogP contribution is 2.26. The summed E-state index contributed by atoms with van der Waals surface area (Å²) in [5.74, 6) is 0.488. The predicted molar refractivity (Wildman–Crippen MR) is 77.3 cm³/mol. The number of anilines is 1. The summed E-state index contributed by atoms with van der Waals surface area (Å²) in [5, 5.41) is 5.20. The summed E-state index contributed by atoms with van der Waals surface area (Å²) in [5.41, 5.74) is 0.962. The molecule has 0 fully saturated rings. The minimum atomic E-state index is 0.437. The molecule has 2 aromatic heterocycles. The fourth-order valence-corrected chi connectivity index (χ4v) is 3.42. The second-order valence-electron chi connectivity index (χ2n) is 4.06. The highest BCUT2D eigenvalue weighted by atomic mass is 35.5. The summed E-state index contributed by atoms with van der Waals surface area (Å²) in [6.07, 6.45) is 0. The maximum Gasteiger partial charge on any atom is 0.186 e. The molecule has 2 heterocycles. The predicted octanol–water partition coefficient (Wildman–Crippen LogP) is 4.36. The Bertz CT molecular complexity index is 451. The molecule has 0 aromatic carbocycles. The zero-order valence-corrected chi connectivity index (χ0v) is 12.3. The summed E-state index contributed by atoms with van der Waals surface area (Å²) in [4.78, 5) is 8.22. The molecule has 0 spiro atoms. The molecule has 0 aliphatic carbocycles. The van der Waals surface area contributed by atoms with Gasteiger partial charge in [0.2, 0.25) is 0 Å². The van der Waals surface area contributed by atoms with Crippen LogP contribution in [0.1, 0.15) is 24.4 Å². The van der Waals surface area contributed by atoms with Crippen LogP contribution in [0, 0.1) is 0 Å². The van der Waals surface area contributed by atoms with Crippen LogP contribution < -0.4 is 4.90 Å². The maximum absolute atomic E-state index is 5.79. The summed E-state index contributed by atoms with van der Waals surface area (Å²) < 4.78 is 0. The number of hydrogen-bond acceptors (Lipinski definition) is 4. The molecule has 0 atom stereocenters. The van der Waals surface area contributed by atoms with Crippen molar-refractivity contribution >= 4 is 39.4 Å². The Balaban J connectivity index is 2.17. The lowest BCUT2D eigenvalue weighted by Crippen LogP contribution is -2.29. The molecule has 0 aliphatic heterocycles. The molecular formula is C12H15ClN2S2. The van der Waals surface area contributed by atoms with Crippen molar-refractivity contribution in [1.82, 2.24) is 4.98 Å². The van der Waals surface area contributed by atoms with Gasteiger partial charge in [0, 0.05) is 16.3 Å². The number of thiophene rings is 1. The molecule has 5 heteroatoms. The second-order valence-corrected chi connectivity index (χ2v) is 6.19. The quantitative estimate of drug-likeness (QED) is 0.759. The normalized spacial score (nSPS) is 11.1. The summed E-state index contributed by atoms with van der Waals surface area (Å²) >= 11 is 9.25. The van der Waals surface area contributed by atoms with Crippen LogP contribution in [0.25, 0.3) is 0 Å². The molecule has 0 aliphatic rings. The number of halogens is 1. The Morgan fingerprint density at radius 3 is 2.76 bits per heavy atom. The number of alkyl halides is 1. The lowest BCUT2D eigenvalue weighted by molar-refractivity contribution is 0.684.